The van der Waals surface area contributed by atoms with Gasteiger partial charge in [0.2, 0.25) is 11.6 Å². The fourth-order valence-electron chi connectivity index (χ4n) is 4.59. The molecule has 43 heavy (non-hydrogen) atoms. The van der Waals surface area contributed by atoms with E-state index >= 15 is 0 Å². The van der Waals surface area contributed by atoms with Crippen LogP contribution in [-0.4, -0.2) is 45.8 Å². The maximum atomic E-state index is 13.6. The van der Waals surface area contributed by atoms with E-state index in [1.54, 1.807) is 35.0 Å². The molecule has 10 heteroatoms. The highest BCUT2D eigenvalue weighted by molar-refractivity contribution is 6.48. The van der Waals surface area contributed by atoms with Gasteiger partial charge in [0.25, 0.3) is 0 Å². The van der Waals surface area contributed by atoms with Crippen LogP contribution in [0.5, 0.6) is 0 Å². The number of carbonyl (C=O) groups excluding carboxylic acids is 5. The standard InChI is InChI=1S/C33H37N3O7/c1-5-7-9-10-15-28(34-42-22(3)38)32(40)24-17-18-30(25(19-24)21-37)36-20-27(26-13-11-12-16-31(26)36)33(41)29(14-8-6-2)35-43-23(4)39/h11-13,16-21H,5-10,14-15H2,1-4H3/b34-28+,35-29+. The van der Waals surface area contributed by atoms with Crippen LogP contribution in [0.2, 0.25) is 0 Å². The number of unbranched alkanes of at least 4 members (excludes halogenated alkanes) is 4. The third kappa shape index (κ3) is 8.64. The summed E-state index contributed by atoms with van der Waals surface area (Å²) in [5.41, 5.74) is 2.09. The molecule has 3 rings (SSSR count). The number of carbonyl (C=O) groups is 5. The van der Waals surface area contributed by atoms with E-state index < -0.39 is 23.5 Å². The van der Waals surface area contributed by atoms with Crippen molar-refractivity contribution in [3.63, 3.8) is 0 Å². The zero-order chi connectivity index (χ0) is 31.4. The second-order valence-electron chi connectivity index (χ2n) is 10.1. The Morgan fingerprint density at radius 1 is 0.791 bits per heavy atom. The maximum absolute atomic E-state index is 13.6. The van der Waals surface area contributed by atoms with Gasteiger partial charge in [0, 0.05) is 42.1 Å². The first kappa shape index (κ1) is 32.8. The minimum absolute atomic E-state index is 0.0990. The van der Waals surface area contributed by atoms with E-state index in [9.17, 15) is 24.0 Å². The number of nitrogens with zero attached hydrogens (tertiary/aromatic N) is 3. The van der Waals surface area contributed by atoms with Gasteiger partial charge in [-0.1, -0.05) is 68.0 Å². The predicted molar refractivity (Wildman–Crippen MR) is 164 cm³/mol. The first-order valence-corrected chi connectivity index (χ1v) is 14.5. The van der Waals surface area contributed by atoms with Crippen molar-refractivity contribution in [2.45, 2.75) is 79.1 Å². The summed E-state index contributed by atoms with van der Waals surface area (Å²) < 4.78 is 1.71. The van der Waals surface area contributed by atoms with E-state index in [4.69, 9.17) is 9.68 Å². The van der Waals surface area contributed by atoms with Crippen molar-refractivity contribution >= 4 is 52.1 Å². The number of benzene rings is 2. The van der Waals surface area contributed by atoms with Crippen LogP contribution in [0, 0.1) is 0 Å². The lowest BCUT2D eigenvalue weighted by molar-refractivity contribution is -0.141. The molecule has 3 aromatic rings. The number of ketones is 2. The molecular weight excluding hydrogens is 550 g/mol. The summed E-state index contributed by atoms with van der Waals surface area (Å²) in [7, 11) is 0. The summed E-state index contributed by atoms with van der Waals surface area (Å²) in [5.74, 6) is -2.10. The average Bonchev–Trinajstić information content (AvgIpc) is 3.39. The largest absolute Gasteiger partial charge is 0.331 e. The molecule has 0 aliphatic carbocycles. The highest BCUT2D eigenvalue weighted by atomic mass is 16.7. The van der Waals surface area contributed by atoms with E-state index in [0.29, 0.717) is 54.1 Å². The number of fused-ring (bicyclic) bond motifs is 1. The van der Waals surface area contributed by atoms with Gasteiger partial charge in [0.15, 0.2) is 6.29 Å². The molecule has 0 spiro atoms. The number of oxime groups is 2. The van der Waals surface area contributed by atoms with E-state index in [2.05, 4.69) is 17.2 Å². The molecule has 0 bridgehead atoms. The zero-order valence-corrected chi connectivity index (χ0v) is 25.1. The highest BCUT2D eigenvalue weighted by Gasteiger charge is 2.23. The molecule has 0 saturated carbocycles. The van der Waals surface area contributed by atoms with Crippen LogP contribution in [0.1, 0.15) is 110 Å². The minimum Gasteiger partial charge on any atom is -0.318 e. The zero-order valence-electron chi connectivity index (χ0n) is 25.1. The molecule has 1 aromatic heterocycles. The average molecular weight is 588 g/mol. The molecule has 0 fully saturated rings. The van der Waals surface area contributed by atoms with Crippen LogP contribution in [0.25, 0.3) is 16.6 Å². The van der Waals surface area contributed by atoms with Crippen LogP contribution >= 0.6 is 0 Å². The van der Waals surface area contributed by atoms with E-state index in [1.165, 1.54) is 19.9 Å². The van der Waals surface area contributed by atoms with Crippen molar-refractivity contribution in [2.24, 2.45) is 10.3 Å². The van der Waals surface area contributed by atoms with Crippen molar-refractivity contribution in [2.75, 3.05) is 0 Å². The highest BCUT2D eigenvalue weighted by Crippen LogP contribution is 2.28. The Bertz CT molecular complexity index is 1570. The molecule has 0 amide bonds. The van der Waals surface area contributed by atoms with Crippen molar-refractivity contribution < 1.29 is 33.6 Å². The van der Waals surface area contributed by atoms with Crippen molar-refractivity contribution in [3.8, 4) is 5.69 Å². The van der Waals surface area contributed by atoms with Gasteiger partial charge in [-0.05, 0) is 49.9 Å². The molecule has 226 valence electrons. The van der Waals surface area contributed by atoms with E-state index in [1.807, 2.05) is 19.1 Å². The second kappa shape index (κ2) is 16.1. The first-order valence-electron chi connectivity index (χ1n) is 14.5. The molecule has 1 heterocycles. The Labute approximate surface area is 250 Å². The normalized spacial score (nSPS) is 11.8. The number of aldehydes is 1. The van der Waals surface area contributed by atoms with Gasteiger partial charge in [-0.3, -0.25) is 14.4 Å². The van der Waals surface area contributed by atoms with Gasteiger partial charge in [0.1, 0.15) is 11.4 Å². The topological polar surface area (TPSA) is 133 Å². The van der Waals surface area contributed by atoms with Crippen molar-refractivity contribution in [3.05, 3.63) is 65.4 Å². The van der Waals surface area contributed by atoms with Crippen LogP contribution in [-0.2, 0) is 19.3 Å². The second-order valence-corrected chi connectivity index (χ2v) is 10.1. The Balaban J connectivity index is 2.05. The van der Waals surface area contributed by atoms with Gasteiger partial charge >= 0.3 is 11.9 Å². The van der Waals surface area contributed by atoms with Gasteiger partial charge in [-0.2, -0.15) is 0 Å². The summed E-state index contributed by atoms with van der Waals surface area (Å²) in [6.07, 6.45) is 8.03. The van der Waals surface area contributed by atoms with E-state index in [0.717, 1.165) is 25.7 Å². The number of para-hydroxylation sites is 1. The van der Waals surface area contributed by atoms with E-state index in [-0.39, 0.29) is 22.6 Å². The monoisotopic (exact) mass is 587 g/mol. The first-order chi connectivity index (χ1) is 20.7. The molecule has 0 aliphatic rings. The molecule has 0 radical (unpaired) electrons. The maximum Gasteiger partial charge on any atom is 0.331 e. The van der Waals surface area contributed by atoms with Crippen LogP contribution in [0.15, 0.2) is 59.0 Å². The van der Waals surface area contributed by atoms with Gasteiger partial charge < -0.3 is 14.2 Å². The van der Waals surface area contributed by atoms with Crippen molar-refractivity contribution in [1.29, 1.82) is 0 Å². The number of hydrogen-bond donors (Lipinski definition) is 0. The summed E-state index contributed by atoms with van der Waals surface area (Å²) in [5, 5.41) is 8.27. The smallest absolute Gasteiger partial charge is 0.318 e. The fourth-order valence-corrected chi connectivity index (χ4v) is 4.59. The van der Waals surface area contributed by atoms with Gasteiger partial charge in [-0.15, -0.1) is 0 Å². The van der Waals surface area contributed by atoms with Crippen LogP contribution < -0.4 is 0 Å². The lowest BCUT2D eigenvalue weighted by Gasteiger charge is -2.11. The molecule has 0 unspecified atom stereocenters. The van der Waals surface area contributed by atoms with Crippen molar-refractivity contribution in [1.82, 2.24) is 4.57 Å². The molecule has 0 saturated heterocycles. The molecule has 10 nitrogen and oxygen atoms in total. The minimum atomic E-state index is -0.636. The lowest BCUT2D eigenvalue weighted by atomic mass is 9.99. The van der Waals surface area contributed by atoms with Crippen LogP contribution in [0.4, 0.5) is 0 Å². The quantitative estimate of drug-likeness (QED) is 0.0449. The van der Waals surface area contributed by atoms with Gasteiger partial charge in [0.05, 0.1) is 11.2 Å². The number of Topliss-reactive ketones (excluding diaryl/α,β-unsaturated/α-hetero) is 2. The Hall–Kier alpha value is -4.73. The molecule has 0 atom stereocenters. The van der Waals surface area contributed by atoms with Gasteiger partial charge in [-0.25, -0.2) is 9.59 Å². The fraction of sp³-hybridized carbons (Fsp3) is 0.364. The number of rotatable bonds is 16. The van der Waals surface area contributed by atoms with Crippen LogP contribution in [0.3, 0.4) is 0 Å². The summed E-state index contributed by atoms with van der Waals surface area (Å²) in [6.45, 7) is 6.48. The lowest BCUT2D eigenvalue weighted by Crippen LogP contribution is -2.17. The molecule has 0 N–H and O–H groups in total. The number of aromatic nitrogens is 1. The SMILES string of the molecule is CCCCCC/C(=N\OC(C)=O)C(=O)c1ccc(-n2cc(C(=O)/C(CCCC)=N/OC(C)=O)c3ccccc32)c(C=O)c1. The summed E-state index contributed by atoms with van der Waals surface area (Å²) in [6, 6.07) is 11.9. The number of hydrogen-bond acceptors (Lipinski definition) is 9. The summed E-state index contributed by atoms with van der Waals surface area (Å²) in [4.78, 5) is 71.6. The Morgan fingerprint density at radius 2 is 1.42 bits per heavy atom. The molecular formula is C33H37N3O7. The Kier molecular flexibility index (Phi) is 12.2. The summed E-state index contributed by atoms with van der Waals surface area (Å²) >= 11 is 0. The third-order valence-electron chi connectivity index (χ3n) is 6.76. The molecule has 0 aliphatic heterocycles. The third-order valence-corrected chi connectivity index (χ3v) is 6.76. The molecule has 2 aromatic carbocycles. The predicted octanol–water partition coefficient (Wildman–Crippen LogP) is 6.81. The Morgan fingerprint density at radius 3 is 2.05 bits per heavy atom.